The summed E-state index contributed by atoms with van der Waals surface area (Å²) in [6, 6.07) is 1.91. The molecule has 12 heavy (non-hydrogen) atoms. The minimum atomic E-state index is -1.20. The standard InChI is InChI=1S/C9H12ClNO/c1-3-6-7(4-2)9(10,5-11)8(6)12/h6-7H,3-4H2,1-2H3/t6-,7-,9+/m0/s1. The first-order valence-corrected chi connectivity index (χ1v) is 4.64. The Labute approximate surface area is 77.5 Å². The van der Waals surface area contributed by atoms with Gasteiger partial charge in [0.15, 0.2) is 10.7 Å². The molecule has 1 aliphatic carbocycles. The summed E-state index contributed by atoms with van der Waals surface area (Å²) in [6.07, 6.45) is 1.61. The average molecular weight is 186 g/mol. The fraction of sp³-hybridized carbons (Fsp3) is 0.778. The third-order valence-corrected chi connectivity index (χ3v) is 3.29. The van der Waals surface area contributed by atoms with Crippen LogP contribution in [0, 0.1) is 23.2 Å². The molecule has 0 spiro atoms. The van der Waals surface area contributed by atoms with Gasteiger partial charge in [-0.3, -0.25) is 4.79 Å². The monoisotopic (exact) mass is 185 g/mol. The fourth-order valence-electron chi connectivity index (χ4n) is 1.99. The normalized spacial score (nSPS) is 40.3. The van der Waals surface area contributed by atoms with Crippen LogP contribution in [0.15, 0.2) is 0 Å². The summed E-state index contributed by atoms with van der Waals surface area (Å²) >= 11 is 5.87. The number of hydrogen-bond acceptors (Lipinski definition) is 2. The molecule has 3 heteroatoms. The van der Waals surface area contributed by atoms with Crippen LogP contribution < -0.4 is 0 Å². The molecule has 0 saturated heterocycles. The molecule has 0 N–H and O–H groups in total. The van der Waals surface area contributed by atoms with Crippen molar-refractivity contribution in [2.24, 2.45) is 11.8 Å². The maximum atomic E-state index is 11.4. The van der Waals surface area contributed by atoms with Gasteiger partial charge in [0, 0.05) is 11.8 Å². The molecule has 1 saturated carbocycles. The lowest BCUT2D eigenvalue weighted by atomic mass is 9.61. The minimum absolute atomic E-state index is 0.0205. The molecule has 66 valence electrons. The van der Waals surface area contributed by atoms with Crippen molar-refractivity contribution in [3.8, 4) is 6.07 Å². The molecule has 1 aliphatic rings. The lowest BCUT2D eigenvalue weighted by Crippen LogP contribution is -2.58. The molecule has 3 atom stereocenters. The quantitative estimate of drug-likeness (QED) is 0.619. The highest BCUT2D eigenvalue weighted by Crippen LogP contribution is 2.48. The van der Waals surface area contributed by atoms with Crippen molar-refractivity contribution >= 4 is 17.4 Å². The topological polar surface area (TPSA) is 40.9 Å². The van der Waals surface area contributed by atoms with E-state index in [2.05, 4.69) is 0 Å². The van der Waals surface area contributed by atoms with Crippen LogP contribution in [0.25, 0.3) is 0 Å². The van der Waals surface area contributed by atoms with Gasteiger partial charge in [-0.2, -0.15) is 5.26 Å². The smallest absolute Gasteiger partial charge is 0.192 e. The molecule has 2 nitrogen and oxygen atoms in total. The molecule has 0 aromatic heterocycles. The van der Waals surface area contributed by atoms with E-state index in [4.69, 9.17) is 16.9 Å². The zero-order valence-electron chi connectivity index (χ0n) is 7.30. The van der Waals surface area contributed by atoms with Gasteiger partial charge < -0.3 is 0 Å². The maximum Gasteiger partial charge on any atom is 0.192 e. The van der Waals surface area contributed by atoms with Crippen molar-refractivity contribution < 1.29 is 4.79 Å². The van der Waals surface area contributed by atoms with Crippen molar-refractivity contribution in [2.75, 3.05) is 0 Å². The van der Waals surface area contributed by atoms with E-state index in [0.717, 1.165) is 12.8 Å². The molecular weight excluding hydrogens is 174 g/mol. The van der Waals surface area contributed by atoms with E-state index in [-0.39, 0.29) is 17.6 Å². The fourth-order valence-corrected chi connectivity index (χ4v) is 2.44. The average Bonchev–Trinajstić information content (AvgIpc) is 2.11. The Morgan fingerprint density at radius 3 is 2.50 bits per heavy atom. The highest BCUT2D eigenvalue weighted by Gasteiger charge is 2.59. The van der Waals surface area contributed by atoms with E-state index in [1.165, 1.54) is 0 Å². The summed E-state index contributed by atoms with van der Waals surface area (Å²) in [4.78, 5) is 10.2. The number of halogens is 1. The van der Waals surface area contributed by atoms with Crippen LogP contribution in [-0.4, -0.2) is 10.7 Å². The lowest BCUT2D eigenvalue weighted by molar-refractivity contribution is -0.137. The van der Waals surface area contributed by atoms with Crippen molar-refractivity contribution in [1.82, 2.24) is 0 Å². The van der Waals surface area contributed by atoms with Crippen molar-refractivity contribution in [1.29, 1.82) is 5.26 Å². The second-order valence-corrected chi connectivity index (χ2v) is 3.81. The summed E-state index contributed by atoms with van der Waals surface area (Å²) in [5.74, 6) is -0.00478. The molecule has 0 bridgehead atoms. The Bertz CT molecular complexity index is 245. The van der Waals surface area contributed by atoms with Crippen LogP contribution in [0.2, 0.25) is 0 Å². The predicted octanol–water partition coefficient (Wildman–Crippen LogP) is 2.12. The SMILES string of the molecule is CC[C@@H]1C(=O)[C@@](Cl)(C#N)[C@H]1CC. The molecule has 1 rings (SSSR count). The molecule has 0 aromatic carbocycles. The van der Waals surface area contributed by atoms with Crippen LogP contribution in [0.3, 0.4) is 0 Å². The van der Waals surface area contributed by atoms with Crippen LogP contribution in [0.4, 0.5) is 0 Å². The largest absolute Gasteiger partial charge is 0.296 e. The van der Waals surface area contributed by atoms with Crippen LogP contribution in [0.5, 0.6) is 0 Å². The van der Waals surface area contributed by atoms with Crippen LogP contribution in [-0.2, 0) is 4.79 Å². The van der Waals surface area contributed by atoms with Gasteiger partial charge in [-0.1, -0.05) is 25.4 Å². The first kappa shape index (κ1) is 9.54. The summed E-state index contributed by atoms with van der Waals surface area (Å²) in [5.41, 5.74) is 0. The highest BCUT2D eigenvalue weighted by atomic mass is 35.5. The van der Waals surface area contributed by atoms with Gasteiger partial charge in [-0.15, -0.1) is 0 Å². The lowest BCUT2D eigenvalue weighted by Gasteiger charge is -2.44. The van der Waals surface area contributed by atoms with E-state index in [1.807, 2.05) is 19.9 Å². The number of alkyl halides is 1. The number of hydrogen-bond donors (Lipinski definition) is 0. The van der Waals surface area contributed by atoms with E-state index in [1.54, 1.807) is 0 Å². The van der Waals surface area contributed by atoms with Crippen LogP contribution in [0.1, 0.15) is 26.7 Å². The Kier molecular flexibility index (Phi) is 2.44. The molecule has 0 radical (unpaired) electrons. The van der Waals surface area contributed by atoms with Crippen LogP contribution >= 0.6 is 11.6 Å². The Balaban J connectivity index is 2.84. The molecular formula is C9H12ClNO. The number of nitrogens with zero attached hydrogens (tertiary/aromatic N) is 1. The summed E-state index contributed by atoms with van der Waals surface area (Å²) < 4.78 is 0. The second-order valence-electron chi connectivity index (χ2n) is 3.22. The number of Topliss-reactive ketones (excluding diaryl/α,β-unsaturated/α-hetero) is 1. The van der Waals surface area contributed by atoms with Gasteiger partial charge in [0.05, 0.1) is 6.07 Å². The number of carbonyl (C=O) groups is 1. The second kappa shape index (κ2) is 3.06. The summed E-state index contributed by atoms with van der Waals surface area (Å²) in [7, 11) is 0. The number of ketones is 1. The van der Waals surface area contributed by atoms with Crippen molar-refractivity contribution in [2.45, 2.75) is 31.6 Å². The summed E-state index contributed by atoms with van der Waals surface area (Å²) in [6.45, 7) is 3.92. The van der Waals surface area contributed by atoms with Gasteiger partial charge in [0.2, 0.25) is 0 Å². The van der Waals surface area contributed by atoms with Gasteiger partial charge in [-0.05, 0) is 12.8 Å². The zero-order chi connectivity index (χ0) is 9.35. The van der Waals surface area contributed by atoms with Gasteiger partial charge in [0.1, 0.15) is 0 Å². The highest BCUT2D eigenvalue weighted by molar-refractivity contribution is 6.40. The van der Waals surface area contributed by atoms with E-state index in [9.17, 15) is 4.79 Å². The predicted molar refractivity (Wildman–Crippen MR) is 46.8 cm³/mol. The molecule has 1 fully saturated rings. The first-order valence-electron chi connectivity index (χ1n) is 4.26. The zero-order valence-corrected chi connectivity index (χ0v) is 8.06. The molecule has 0 amide bonds. The van der Waals surface area contributed by atoms with Gasteiger partial charge in [0.25, 0.3) is 0 Å². The Hall–Kier alpha value is -0.550. The van der Waals surface area contributed by atoms with Crippen molar-refractivity contribution in [3.63, 3.8) is 0 Å². The Morgan fingerprint density at radius 2 is 2.17 bits per heavy atom. The summed E-state index contributed by atoms with van der Waals surface area (Å²) in [5, 5.41) is 8.73. The molecule has 0 aromatic rings. The number of nitriles is 1. The maximum absolute atomic E-state index is 11.4. The first-order chi connectivity index (χ1) is 5.61. The Morgan fingerprint density at radius 1 is 1.58 bits per heavy atom. The van der Waals surface area contributed by atoms with Crippen molar-refractivity contribution in [3.05, 3.63) is 0 Å². The van der Waals surface area contributed by atoms with E-state index >= 15 is 0 Å². The van der Waals surface area contributed by atoms with Gasteiger partial charge in [-0.25, -0.2) is 0 Å². The molecule has 0 heterocycles. The van der Waals surface area contributed by atoms with E-state index < -0.39 is 4.87 Å². The third-order valence-electron chi connectivity index (χ3n) is 2.73. The number of carbonyl (C=O) groups excluding carboxylic acids is 1. The number of rotatable bonds is 2. The minimum Gasteiger partial charge on any atom is -0.296 e. The van der Waals surface area contributed by atoms with E-state index in [0.29, 0.717) is 0 Å². The molecule has 0 unspecified atom stereocenters. The molecule has 0 aliphatic heterocycles. The van der Waals surface area contributed by atoms with Gasteiger partial charge >= 0.3 is 0 Å². The third kappa shape index (κ3) is 0.964.